The number of hydrogen-bond acceptors (Lipinski definition) is 33. The van der Waals surface area contributed by atoms with Crippen LogP contribution in [-0.2, 0) is 91.4 Å². The number of aromatic nitrogens is 8. The molecule has 6 aliphatic heterocycles. The number of H-pyrrole nitrogens is 2. The average molecular weight is 1460 g/mol. The summed E-state index contributed by atoms with van der Waals surface area (Å²) in [5.41, 5.74) is 40.4. The van der Waals surface area contributed by atoms with Gasteiger partial charge in [0.15, 0.2) is 11.5 Å². The van der Waals surface area contributed by atoms with E-state index in [1.807, 2.05) is 53.3 Å². The molecule has 11 atom stereocenters. The summed E-state index contributed by atoms with van der Waals surface area (Å²) in [4.78, 5) is 181. The molecule has 1 aromatic carbocycles. The largest absolute Gasteiger partial charge is 0.504 e. The molecule has 11 unspecified atom stereocenters. The summed E-state index contributed by atoms with van der Waals surface area (Å²) in [5, 5.41) is 28.0. The summed E-state index contributed by atoms with van der Waals surface area (Å²) in [6, 6.07) is -6.43. The molecule has 2 fully saturated rings. The van der Waals surface area contributed by atoms with E-state index in [0.29, 0.717) is 42.9 Å². The fourth-order valence-corrected chi connectivity index (χ4v) is 11.6. The molecule has 564 valence electrons. The van der Waals surface area contributed by atoms with E-state index in [2.05, 4.69) is 78.8 Å². The van der Waals surface area contributed by atoms with Crippen LogP contribution >= 0.6 is 0 Å². The maximum atomic E-state index is 14.3. The molecule has 0 aliphatic carbocycles. The standard InChI is InChI=1S/C62H89N25O17/c63-35(26-48-77-50-32-82(48)50)57(93)99-72-13-5-2-9-41(80-102-59(95)36(64)27-49-78-51-33-83(49)51)56(92)76-43(31-47-69-19-20-70-47)62(98)104-79-39(54(90)71-16-12-34-10-11-44(88)45(89)25-34)7-1-4-15-74-101-61(97)42(30-46-67-17-18-68-46)75-55(91)40(81-103-60(96)38(66)29-53-86-23-24-87(53)86)8-3-6-14-73-100-58(94)37(65)28-52-84-21-22-85(52)84/h10-11,17-25,35-43,50-53,72-74,79-81,88-89H,1-9,12-16,26-33,63-66H2,(H,67,68)(H,69,70)(H,71,90)(H,75,91)(H,76,92). The first kappa shape index (κ1) is 74.9. The third kappa shape index (κ3) is 20.7. The number of nitrogens with two attached hydrogens (primary N) is 4. The molecular weight excluding hydrogens is 1370 g/mol. The van der Waals surface area contributed by atoms with Gasteiger partial charge in [-0.15, -0.1) is 16.4 Å². The van der Waals surface area contributed by atoms with Gasteiger partial charge in [0.2, 0.25) is 17.7 Å². The van der Waals surface area contributed by atoms with Gasteiger partial charge in [-0.25, -0.2) is 48.7 Å². The number of phenols is 2. The number of aliphatic imine (C=N–C) groups is 2. The van der Waals surface area contributed by atoms with E-state index in [1.165, 1.54) is 36.9 Å². The predicted molar refractivity (Wildman–Crippen MR) is 358 cm³/mol. The summed E-state index contributed by atoms with van der Waals surface area (Å²) in [5.74, 6) is -5.96. The number of aromatic hydroxyl groups is 2. The Morgan fingerprint density at radius 3 is 1.29 bits per heavy atom. The van der Waals surface area contributed by atoms with Gasteiger partial charge in [-0.05, 0) is 81.9 Å². The van der Waals surface area contributed by atoms with Crippen molar-refractivity contribution in [1.82, 2.24) is 97.3 Å². The first-order valence-electron chi connectivity index (χ1n) is 34.5. The molecule has 10 heterocycles. The predicted octanol–water partition coefficient (Wildman–Crippen LogP) is -5.13. The number of imidazole rings is 2. The highest BCUT2D eigenvalue weighted by molar-refractivity contribution is 5.95. The van der Waals surface area contributed by atoms with Crippen molar-refractivity contribution in [3.63, 3.8) is 0 Å². The smallest absolute Gasteiger partial charge is 0.347 e. The van der Waals surface area contributed by atoms with Crippen LogP contribution in [0.25, 0.3) is 0 Å². The van der Waals surface area contributed by atoms with E-state index < -0.39 is 108 Å². The number of nitrogens with one attached hydrogen (secondary N) is 11. The van der Waals surface area contributed by atoms with Crippen LogP contribution in [0.4, 0.5) is 0 Å². The van der Waals surface area contributed by atoms with E-state index >= 15 is 0 Å². The number of carbonyl (C=O) groups is 9. The van der Waals surface area contributed by atoms with Crippen molar-refractivity contribution < 1.29 is 82.4 Å². The molecule has 42 nitrogen and oxygen atoms in total. The van der Waals surface area contributed by atoms with Gasteiger partial charge in [0.25, 0.3) is 0 Å². The first-order valence-corrected chi connectivity index (χ1v) is 34.5. The zero-order chi connectivity index (χ0) is 73.4. The molecule has 4 aromatic heterocycles. The Bertz CT molecular complexity index is 3800. The van der Waals surface area contributed by atoms with Crippen molar-refractivity contribution >= 4 is 65.2 Å². The number of phenolic OH excluding ortho intramolecular Hbond substituents is 2. The number of aromatic amines is 2. The minimum atomic E-state index is -1.49. The first-order chi connectivity index (χ1) is 50.2. The molecule has 11 rings (SSSR count). The third-order valence-corrected chi connectivity index (χ3v) is 18.1. The van der Waals surface area contributed by atoms with Gasteiger partial charge in [-0.1, -0.05) is 6.07 Å². The Morgan fingerprint density at radius 1 is 0.481 bits per heavy atom. The highest BCUT2D eigenvalue weighted by Gasteiger charge is 2.47. The second kappa shape index (κ2) is 35.2. The number of rotatable bonds is 50. The maximum Gasteiger partial charge on any atom is 0.347 e. The molecule has 3 amide bonds. The molecule has 0 radical (unpaired) electrons. The van der Waals surface area contributed by atoms with Crippen LogP contribution in [-0.4, -0.2) is 230 Å². The highest BCUT2D eigenvalue weighted by atomic mass is 16.7. The monoisotopic (exact) mass is 1460 g/mol. The van der Waals surface area contributed by atoms with E-state index in [4.69, 9.17) is 52.0 Å². The lowest BCUT2D eigenvalue weighted by Crippen LogP contribution is -2.54. The number of benzene rings is 1. The number of nitrogens with zero attached hydrogens (tertiary/aromatic N) is 10. The molecule has 0 bridgehead atoms. The van der Waals surface area contributed by atoms with Crippen LogP contribution < -0.4 is 71.8 Å². The minimum Gasteiger partial charge on any atom is -0.504 e. The van der Waals surface area contributed by atoms with Gasteiger partial charge in [0.1, 0.15) is 102 Å². The van der Waals surface area contributed by atoms with Crippen molar-refractivity contribution in [3.05, 3.63) is 85.0 Å². The van der Waals surface area contributed by atoms with Crippen LogP contribution in [0.5, 0.6) is 11.5 Å². The van der Waals surface area contributed by atoms with Crippen molar-refractivity contribution in [3.8, 4) is 11.5 Å². The van der Waals surface area contributed by atoms with Crippen molar-refractivity contribution in [2.45, 2.75) is 182 Å². The van der Waals surface area contributed by atoms with Gasteiger partial charge >= 0.3 is 35.8 Å². The number of hydrogen-bond donors (Lipinski definition) is 17. The lowest BCUT2D eigenvalue weighted by atomic mass is 10.1. The maximum absolute atomic E-state index is 14.3. The third-order valence-electron chi connectivity index (χ3n) is 18.1. The zero-order valence-electron chi connectivity index (χ0n) is 56.7. The Morgan fingerprint density at radius 2 is 0.885 bits per heavy atom. The Balaban J connectivity index is 0.675. The minimum absolute atomic E-state index is 0.000227. The zero-order valence-corrected chi connectivity index (χ0v) is 56.7. The summed E-state index contributed by atoms with van der Waals surface area (Å²) >= 11 is 0. The summed E-state index contributed by atoms with van der Waals surface area (Å²) in [6.45, 7) is 1.92. The number of hydroxylamine groups is 6. The van der Waals surface area contributed by atoms with Crippen LogP contribution in [0, 0.1) is 0 Å². The average Bonchev–Trinajstić information content (AvgIpc) is 1.60. The summed E-state index contributed by atoms with van der Waals surface area (Å²) < 4.78 is 7.61. The van der Waals surface area contributed by atoms with E-state index in [-0.39, 0.29) is 145 Å². The summed E-state index contributed by atoms with van der Waals surface area (Å²) in [7, 11) is 0. The molecule has 21 N–H and O–H groups in total. The van der Waals surface area contributed by atoms with Crippen molar-refractivity contribution in [2.75, 3.05) is 39.3 Å². The van der Waals surface area contributed by atoms with Crippen molar-refractivity contribution in [2.24, 2.45) is 32.9 Å². The lowest BCUT2D eigenvalue weighted by molar-refractivity contribution is -0.161. The van der Waals surface area contributed by atoms with E-state index in [9.17, 15) is 53.4 Å². The summed E-state index contributed by atoms with van der Waals surface area (Å²) in [6.07, 6.45) is 16.1. The highest BCUT2D eigenvalue weighted by Crippen LogP contribution is 2.34. The van der Waals surface area contributed by atoms with Gasteiger partial charge < -0.3 is 97.9 Å². The molecule has 104 heavy (non-hydrogen) atoms. The number of amides is 3. The van der Waals surface area contributed by atoms with E-state index in [0.717, 1.165) is 18.9 Å². The van der Waals surface area contributed by atoms with Crippen LogP contribution in [0.3, 0.4) is 0 Å². The normalized spacial score (nSPS) is 18.2. The Labute approximate surface area is 593 Å². The molecule has 5 aromatic rings. The quantitative estimate of drug-likeness (QED) is 0.00569. The Hall–Kier alpha value is -10.3. The fraction of sp³-hybridized carbons (Fsp3) is 0.565. The van der Waals surface area contributed by atoms with Gasteiger partial charge in [-0.3, -0.25) is 33.1 Å². The lowest BCUT2D eigenvalue weighted by Gasteiger charge is -2.24. The van der Waals surface area contributed by atoms with E-state index in [1.54, 1.807) is 6.07 Å². The molecule has 2 saturated heterocycles. The van der Waals surface area contributed by atoms with Crippen LogP contribution in [0.2, 0.25) is 0 Å². The van der Waals surface area contributed by atoms with Gasteiger partial charge in [-0.2, -0.15) is 16.4 Å². The number of fused-ring (bicyclic) bond motifs is 4. The molecule has 6 aliphatic rings. The molecule has 42 heteroatoms. The molecular formula is C62H89N25O17. The molecule has 0 spiro atoms. The van der Waals surface area contributed by atoms with Gasteiger partial charge in [0.05, 0.1) is 13.1 Å². The second-order valence-electron chi connectivity index (χ2n) is 25.9. The van der Waals surface area contributed by atoms with Crippen LogP contribution in [0.1, 0.15) is 113 Å². The van der Waals surface area contributed by atoms with Gasteiger partial charge in [0, 0.05) is 114 Å². The second-order valence-corrected chi connectivity index (χ2v) is 25.9. The number of carbonyl (C=O) groups excluding carboxylic acids is 9. The SMILES string of the molecule is NC(CC1=NC2CN12)C(=O)ONCCCCC(NOC(=O)C(N)CC1=NC2CN12)C(=O)NC(Cc1ncc[nH]1)C(=O)ONC(CCCCNOC(=O)C(Cc1ncc[nH]1)NC(=O)C(CCCCNOC(=O)C(N)CC1n2ccn21)NOC(=O)C(N)CC1n2ccn21)C(=O)NCCc1ccc(O)c(O)c1. The topological polar surface area (TPSA) is 570 Å². The van der Waals surface area contributed by atoms with Crippen LogP contribution in [0.15, 0.2) is 77.8 Å². The number of unbranched alkanes of at least 4 members (excludes halogenated alkanes) is 3. The van der Waals surface area contributed by atoms with Crippen molar-refractivity contribution in [1.29, 1.82) is 0 Å². The molecule has 0 saturated carbocycles. The fourth-order valence-electron chi connectivity index (χ4n) is 11.6. The number of amidine groups is 2. The Kier molecular flexibility index (Phi) is 25.4.